The Morgan fingerprint density at radius 3 is 1.86 bits per heavy atom. The van der Waals surface area contributed by atoms with Gasteiger partial charge < -0.3 is 0 Å². The highest BCUT2D eigenvalue weighted by molar-refractivity contribution is 5.80. The fourth-order valence-electron chi connectivity index (χ4n) is 1.02. The average Bonchev–Trinajstić information content (AvgIpc) is 2.27. The lowest BCUT2D eigenvalue weighted by Gasteiger charge is -1.96. The maximum absolute atomic E-state index is 7.58. The summed E-state index contributed by atoms with van der Waals surface area (Å²) >= 11 is 0. The fourth-order valence-corrected chi connectivity index (χ4v) is 1.02. The van der Waals surface area contributed by atoms with Crippen molar-refractivity contribution in [3.8, 4) is 0 Å². The van der Waals surface area contributed by atoms with Crippen LogP contribution >= 0.6 is 0 Å². The summed E-state index contributed by atoms with van der Waals surface area (Å²) in [6.07, 6.45) is -1.16. The van der Waals surface area contributed by atoms with Crippen molar-refractivity contribution in [1.29, 1.82) is 0 Å². The van der Waals surface area contributed by atoms with Gasteiger partial charge in [0, 0.05) is 0 Å². The Hall–Kier alpha value is -2.24. The SMILES string of the molecule is [2H]c1nc([2H])c2nc3nc([2H])nc([2H])c3nc2n1. The van der Waals surface area contributed by atoms with Crippen LogP contribution < -0.4 is 0 Å². The minimum absolute atomic E-state index is 0.0438. The van der Waals surface area contributed by atoms with Crippen molar-refractivity contribution < 1.29 is 5.48 Å². The summed E-state index contributed by atoms with van der Waals surface area (Å²) < 4.78 is 29.7. The predicted molar refractivity (Wildman–Crippen MR) is 48.2 cm³/mol. The molecule has 0 radical (unpaired) electrons. The maximum Gasteiger partial charge on any atom is 0.182 e. The van der Waals surface area contributed by atoms with E-state index in [0.717, 1.165) is 0 Å². The van der Waals surface area contributed by atoms with Crippen LogP contribution in [-0.2, 0) is 0 Å². The summed E-state index contributed by atoms with van der Waals surface area (Å²) in [4.78, 5) is 22.5. The molecule has 14 heavy (non-hydrogen) atoms. The minimum atomic E-state index is -0.342. The minimum Gasteiger partial charge on any atom is -0.242 e. The third kappa shape index (κ3) is 0.972. The number of fused-ring (bicyclic) bond motifs is 2. The van der Waals surface area contributed by atoms with Crippen LogP contribution in [-0.4, -0.2) is 29.9 Å². The van der Waals surface area contributed by atoms with Crippen molar-refractivity contribution in [3.05, 3.63) is 25.0 Å². The average molecular weight is 188 g/mol. The Morgan fingerprint density at radius 2 is 1.36 bits per heavy atom. The Kier molecular flexibility index (Phi) is 0.809. The fraction of sp³-hybridized carbons (Fsp3) is 0. The standard InChI is InChI=1S/C8H4N6/c1-5-7(11-3-9-1)14-6-2-10-4-12-8(6)13-5/h1-4H/i1D,2D,3D,4D. The van der Waals surface area contributed by atoms with Gasteiger partial charge in [0.1, 0.15) is 26.4 Å². The van der Waals surface area contributed by atoms with E-state index in [4.69, 9.17) is 5.48 Å². The Bertz CT molecular complexity index is 724. The first-order valence-corrected chi connectivity index (χ1v) is 3.68. The van der Waals surface area contributed by atoms with Crippen LogP contribution in [0.15, 0.2) is 25.0 Å². The van der Waals surface area contributed by atoms with Crippen LogP contribution in [0, 0.1) is 0 Å². The van der Waals surface area contributed by atoms with Crippen molar-refractivity contribution >= 4 is 22.3 Å². The van der Waals surface area contributed by atoms with E-state index in [1.807, 2.05) is 0 Å². The molecule has 3 heterocycles. The second kappa shape index (κ2) is 2.63. The number of rotatable bonds is 0. The summed E-state index contributed by atoms with van der Waals surface area (Å²) in [7, 11) is 0. The Labute approximate surface area is 83.7 Å². The van der Waals surface area contributed by atoms with E-state index >= 15 is 0 Å². The van der Waals surface area contributed by atoms with E-state index in [2.05, 4.69) is 29.9 Å². The van der Waals surface area contributed by atoms with E-state index in [0.29, 0.717) is 0 Å². The lowest BCUT2D eigenvalue weighted by atomic mass is 10.4. The van der Waals surface area contributed by atoms with Gasteiger partial charge in [-0.15, -0.1) is 0 Å². The lowest BCUT2D eigenvalue weighted by Crippen LogP contribution is -1.93. The van der Waals surface area contributed by atoms with Crippen LogP contribution in [0.1, 0.15) is 5.48 Å². The molecule has 0 aliphatic carbocycles. The molecule has 0 saturated heterocycles. The highest BCUT2D eigenvalue weighted by Crippen LogP contribution is 2.08. The molecule has 3 aromatic rings. The van der Waals surface area contributed by atoms with Gasteiger partial charge >= 0.3 is 0 Å². The number of aromatic nitrogens is 6. The maximum atomic E-state index is 7.58. The molecule has 0 aliphatic heterocycles. The molecule has 66 valence electrons. The summed E-state index contributed by atoms with van der Waals surface area (Å²) in [5.41, 5.74) is 0.247. The van der Waals surface area contributed by atoms with Crippen molar-refractivity contribution in [2.75, 3.05) is 0 Å². The molecule has 0 spiro atoms. The molecule has 0 bridgehead atoms. The lowest BCUT2D eigenvalue weighted by molar-refractivity contribution is 1.13. The van der Waals surface area contributed by atoms with Crippen molar-refractivity contribution in [3.63, 3.8) is 0 Å². The van der Waals surface area contributed by atoms with Gasteiger partial charge in [-0.2, -0.15) is 0 Å². The van der Waals surface area contributed by atoms with E-state index in [9.17, 15) is 0 Å². The molecule has 0 aromatic carbocycles. The van der Waals surface area contributed by atoms with Gasteiger partial charge in [-0.25, -0.2) is 29.9 Å². The van der Waals surface area contributed by atoms with Crippen LogP contribution in [0.2, 0.25) is 0 Å². The van der Waals surface area contributed by atoms with Gasteiger partial charge in [0.25, 0.3) is 0 Å². The zero-order valence-electron chi connectivity index (χ0n) is 10.7. The molecule has 0 unspecified atom stereocenters. The Morgan fingerprint density at radius 1 is 0.857 bits per heavy atom. The first kappa shape index (κ1) is 4.32. The highest BCUT2D eigenvalue weighted by atomic mass is 15.0. The van der Waals surface area contributed by atoms with Gasteiger partial charge in [-0.3, -0.25) is 0 Å². The second-order valence-electron chi connectivity index (χ2n) is 2.44. The van der Waals surface area contributed by atoms with Gasteiger partial charge in [0.15, 0.2) is 11.3 Å². The van der Waals surface area contributed by atoms with Crippen LogP contribution in [0.4, 0.5) is 0 Å². The van der Waals surface area contributed by atoms with Crippen LogP contribution in [0.5, 0.6) is 0 Å². The molecule has 0 atom stereocenters. The van der Waals surface area contributed by atoms with Crippen molar-refractivity contribution in [2.24, 2.45) is 0 Å². The quantitative estimate of drug-likeness (QED) is 0.474. The van der Waals surface area contributed by atoms with Crippen molar-refractivity contribution in [1.82, 2.24) is 29.9 Å². The molecule has 3 aromatic heterocycles. The summed E-state index contributed by atoms with van der Waals surface area (Å²) in [6.45, 7) is 0. The highest BCUT2D eigenvalue weighted by Gasteiger charge is 2.01. The smallest absolute Gasteiger partial charge is 0.182 e. The topological polar surface area (TPSA) is 77.3 Å². The molecule has 6 heteroatoms. The molecule has 0 fully saturated rings. The normalized spacial score (nSPS) is 14.9. The van der Waals surface area contributed by atoms with E-state index in [-0.39, 0.29) is 47.3 Å². The zero-order chi connectivity index (χ0) is 12.9. The molecule has 0 aliphatic rings. The number of nitrogens with zero attached hydrogens (tertiary/aromatic N) is 6. The van der Waals surface area contributed by atoms with Gasteiger partial charge in [0.2, 0.25) is 0 Å². The van der Waals surface area contributed by atoms with Gasteiger partial charge in [0.05, 0.1) is 15.1 Å². The zero-order valence-corrected chi connectivity index (χ0v) is 6.68. The summed E-state index contributed by atoms with van der Waals surface area (Å²) in [5, 5.41) is 0. The van der Waals surface area contributed by atoms with E-state index in [1.165, 1.54) is 0 Å². The third-order valence-corrected chi connectivity index (χ3v) is 1.59. The monoisotopic (exact) mass is 188 g/mol. The number of hydrogen-bond donors (Lipinski definition) is 0. The third-order valence-electron chi connectivity index (χ3n) is 1.59. The van der Waals surface area contributed by atoms with E-state index in [1.54, 1.807) is 0 Å². The largest absolute Gasteiger partial charge is 0.242 e. The molecule has 3 rings (SSSR count). The first-order valence-electron chi connectivity index (χ1n) is 5.68. The van der Waals surface area contributed by atoms with E-state index < -0.39 is 0 Å². The Balaban J connectivity index is 2.51. The summed E-state index contributed by atoms with van der Waals surface area (Å²) in [6, 6.07) is 0. The summed E-state index contributed by atoms with van der Waals surface area (Å²) in [5.74, 6) is 0. The first-order chi connectivity index (χ1) is 8.54. The second-order valence-corrected chi connectivity index (χ2v) is 2.44. The van der Waals surface area contributed by atoms with Gasteiger partial charge in [-0.05, 0) is 0 Å². The molecule has 6 nitrogen and oxygen atoms in total. The molecule has 0 N–H and O–H groups in total. The van der Waals surface area contributed by atoms with Crippen LogP contribution in [0.3, 0.4) is 0 Å². The molecule has 0 saturated carbocycles. The van der Waals surface area contributed by atoms with Crippen LogP contribution in [0.25, 0.3) is 22.3 Å². The molecular weight excluding hydrogens is 180 g/mol. The predicted octanol–water partition coefficient (Wildman–Crippen LogP) is 0.363. The van der Waals surface area contributed by atoms with Crippen molar-refractivity contribution in [2.45, 2.75) is 0 Å². The molecule has 0 amide bonds. The van der Waals surface area contributed by atoms with Gasteiger partial charge in [-0.1, -0.05) is 0 Å². The number of hydrogen-bond acceptors (Lipinski definition) is 6. The molecular formula is C8H4N6.